The van der Waals surface area contributed by atoms with Gasteiger partial charge in [0.05, 0.1) is 11.2 Å². The van der Waals surface area contributed by atoms with E-state index < -0.39 is 0 Å². The molecular weight excluding hydrogens is 978 g/mol. The van der Waals surface area contributed by atoms with E-state index in [9.17, 15) is 0 Å². The molecule has 0 amide bonds. The average Bonchev–Trinajstić information content (AvgIpc) is 2.98. The lowest BCUT2D eigenvalue weighted by Gasteiger charge is -2.51. The van der Waals surface area contributed by atoms with E-state index in [1.165, 1.54) is 155 Å². The van der Waals surface area contributed by atoms with Crippen LogP contribution in [0.5, 0.6) is 0 Å². The molecule has 2 atom stereocenters. The predicted molar refractivity (Wildman–Crippen MR) is 349 cm³/mol. The minimum atomic E-state index is -0.141. The first-order valence-corrected chi connectivity index (χ1v) is 31.3. The van der Waals surface area contributed by atoms with Gasteiger partial charge in [-0.25, -0.2) is 0 Å². The fourth-order valence-corrected chi connectivity index (χ4v) is 18.7. The van der Waals surface area contributed by atoms with Crippen LogP contribution in [0.15, 0.2) is 121 Å². The van der Waals surface area contributed by atoms with Gasteiger partial charge in [-0.1, -0.05) is 196 Å². The molecule has 7 aliphatic rings. The first-order chi connectivity index (χ1) is 37.9. The molecule has 416 valence electrons. The summed E-state index contributed by atoms with van der Waals surface area (Å²) >= 11 is 0. The molecular formula is C77H90BN3. The quantitative estimate of drug-likeness (QED) is 0.163. The summed E-state index contributed by atoms with van der Waals surface area (Å²) in [5, 5.41) is 0. The maximum absolute atomic E-state index is 2.86. The van der Waals surface area contributed by atoms with Crippen molar-refractivity contribution < 1.29 is 0 Å². The van der Waals surface area contributed by atoms with Gasteiger partial charge in [0, 0.05) is 50.8 Å². The highest BCUT2D eigenvalue weighted by molar-refractivity contribution is 7.00. The van der Waals surface area contributed by atoms with Crippen LogP contribution in [0.3, 0.4) is 0 Å². The van der Waals surface area contributed by atoms with Crippen molar-refractivity contribution in [3.05, 3.63) is 171 Å². The summed E-state index contributed by atoms with van der Waals surface area (Å²) < 4.78 is 0. The largest absolute Gasteiger partial charge is 0.334 e. The summed E-state index contributed by atoms with van der Waals surface area (Å²) in [5.41, 5.74) is 30.5. The first-order valence-electron chi connectivity index (χ1n) is 31.3. The highest BCUT2D eigenvalue weighted by Crippen LogP contribution is 2.63. The van der Waals surface area contributed by atoms with Crippen molar-refractivity contribution >= 4 is 68.6 Å². The van der Waals surface area contributed by atoms with Crippen LogP contribution in [-0.2, 0) is 43.3 Å². The molecule has 0 bridgehead atoms. The zero-order valence-electron chi connectivity index (χ0n) is 52.6. The first kappa shape index (κ1) is 53.0. The monoisotopic (exact) mass is 1070 g/mol. The molecule has 1 saturated carbocycles. The van der Waals surface area contributed by atoms with Crippen LogP contribution < -0.4 is 31.1 Å². The second kappa shape index (κ2) is 16.6. The Labute approximate surface area is 488 Å². The van der Waals surface area contributed by atoms with Gasteiger partial charge in [-0.15, -0.1) is 0 Å². The molecule has 7 aromatic rings. The maximum atomic E-state index is 2.86. The highest BCUT2D eigenvalue weighted by atomic mass is 15.3. The van der Waals surface area contributed by atoms with E-state index in [0.29, 0.717) is 0 Å². The molecule has 0 spiro atoms. The number of rotatable bonds is 4. The van der Waals surface area contributed by atoms with Gasteiger partial charge in [-0.3, -0.25) is 0 Å². The number of para-hydroxylation sites is 1. The van der Waals surface area contributed by atoms with Gasteiger partial charge < -0.3 is 14.7 Å². The smallest absolute Gasteiger partial charge is 0.252 e. The van der Waals surface area contributed by atoms with E-state index in [0.717, 1.165) is 19.3 Å². The number of nitrogens with zero attached hydrogens (tertiary/aromatic N) is 3. The Morgan fingerprint density at radius 1 is 0.407 bits per heavy atom. The fourth-order valence-electron chi connectivity index (χ4n) is 18.7. The van der Waals surface area contributed by atoms with Gasteiger partial charge in [-0.05, 0) is 211 Å². The van der Waals surface area contributed by atoms with E-state index in [1.54, 1.807) is 0 Å². The van der Waals surface area contributed by atoms with Crippen LogP contribution in [-0.4, -0.2) is 12.3 Å². The third kappa shape index (κ3) is 7.32. The second-order valence-electron chi connectivity index (χ2n) is 32.3. The Morgan fingerprint density at radius 2 is 0.889 bits per heavy atom. The molecule has 4 aliphatic carbocycles. The van der Waals surface area contributed by atoms with Crippen LogP contribution in [0.25, 0.3) is 11.1 Å². The van der Waals surface area contributed by atoms with Crippen molar-refractivity contribution in [2.24, 2.45) is 0 Å². The molecule has 0 radical (unpaired) electrons. The molecule has 1 fully saturated rings. The second-order valence-corrected chi connectivity index (χ2v) is 32.3. The number of hydrogen-bond acceptors (Lipinski definition) is 3. The standard InChI is InChI=1S/C77H90BN3/c1-47-36-53-56(71(7,8)35-34-70(53,5)6)42-63(47)80-65-44-58-55(73(11,12)46-75(58,15)16)41-60(65)78-59-40-54-57(74(13,14)45-72(54,9)10)43-64(59)79(61-31-30-49(69(2,3)4)37-51(61)48-26-20-19-21-27-48)66-38-50(39-67(80)68(66)78)81-62-29-23-22-28-52(62)76(17)32-24-25-33-77(76,81)18/h19-23,26-31,36-44H,24-25,32-35,45-46H2,1-18H3. The Balaban J connectivity index is 1.18. The lowest BCUT2D eigenvalue weighted by atomic mass is 9.33. The highest BCUT2D eigenvalue weighted by Gasteiger charge is 2.59. The molecule has 3 heterocycles. The minimum Gasteiger partial charge on any atom is -0.334 e. The molecule has 2 unspecified atom stereocenters. The van der Waals surface area contributed by atoms with Crippen LogP contribution in [0.1, 0.15) is 219 Å². The molecule has 3 nitrogen and oxygen atoms in total. The van der Waals surface area contributed by atoms with Crippen LogP contribution in [0.4, 0.5) is 45.5 Å². The van der Waals surface area contributed by atoms with Crippen LogP contribution in [0, 0.1) is 6.92 Å². The van der Waals surface area contributed by atoms with Gasteiger partial charge in [0.1, 0.15) is 0 Å². The van der Waals surface area contributed by atoms with Crippen molar-refractivity contribution in [2.45, 2.75) is 225 Å². The van der Waals surface area contributed by atoms with E-state index in [2.05, 4.69) is 261 Å². The zero-order chi connectivity index (χ0) is 57.3. The summed E-state index contributed by atoms with van der Waals surface area (Å²) in [4.78, 5) is 8.49. The molecule has 3 aliphatic heterocycles. The molecule has 14 rings (SSSR count). The van der Waals surface area contributed by atoms with Crippen molar-refractivity contribution in [3.63, 3.8) is 0 Å². The third-order valence-electron chi connectivity index (χ3n) is 22.9. The molecule has 0 saturated heterocycles. The Morgan fingerprint density at radius 3 is 1.46 bits per heavy atom. The predicted octanol–water partition coefficient (Wildman–Crippen LogP) is 19.1. The molecule has 81 heavy (non-hydrogen) atoms. The van der Waals surface area contributed by atoms with Crippen molar-refractivity contribution in [2.75, 3.05) is 14.7 Å². The summed E-state index contributed by atoms with van der Waals surface area (Å²) in [5.74, 6) is 0. The van der Waals surface area contributed by atoms with Crippen molar-refractivity contribution in [1.82, 2.24) is 0 Å². The average molecular weight is 1070 g/mol. The van der Waals surface area contributed by atoms with E-state index >= 15 is 0 Å². The number of anilines is 8. The van der Waals surface area contributed by atoms with E-state index in [4.69, 9.17) is 0 Å². The summed E-state index contributed by atoms with van der Waals surface area (Å²) in [6.45, 7) is 44.9. The van der Waals surface area contributed by atoms with Crippen LogP contribution >= 0.6 is 0 Å². The minimum absolute atomic E-state index is 0.00547. The number of hydrogen-bond donors (Lipinski definition) is 0. The SMILES string of the molecule is Cc1cc2c(cc1N1c3cc4c(cc3B3c5cc6c(cc5N(c5ccc(C(C)(C)C)cc5-c5ccccc5)c5cc(N7c8ccccc8C8(C)CCCCC78C)cc1c53)C(C)(C)CC6(C)C)C(C)(C)CC4(C)C)C(C)(C)CCC2(C)C. The fraction of sp³-hybridized carbons (Fsp3) is 0.455. The summed E-state index contributed by atoms with van der Waals surface area (Å²) in [6.07, 6.45) is 9.40. The van der Waals surface area contributed by atoms with Crippen LogP contribution in [0.2, 0.25) is 0 Å². The molecule has 4 heteroatoms. The van der Waals surface area contributed by atoms with Gasteiger partial charge in [0.15, 0.2) is 0 Å². The molecule has 0 N–H and O–H groups in total. The lowest BCUT2D eigenvalue weighted by Crippen LogP contribution is -2.62. The number of aryl methyl sites for hydroxylation is 1. The van der Waals surface area contributed by atoms with Gasteiger partial charge >= 0.3 is 0 Å². The van der Waals surface area contributed by atoms with Crippen molar-refractivity contribution in [1.29, 1.82) is 0 Å². The van der Waals surface area contributed by atoms with E-state index in [1.807, 2.05) is 0 Å². The Hall–Kier alpha value is -6.00. The normalized spacial score (nSPS) is 24.1. The summed E-state index contributed by atoms with van der Waals surface area (Å²) in [6, 6.07) is 50.0. The topological polar surface area (TPSA) is 9.72 Å². The molecule has 0 aromatic heterocycles. The van der Waals surface area contributed by atoms with Crippen molar-refractivity contribution in [3.8, 4) is 11.1 Å². The number of benzene rings is 7. The lowest BCUT2D eigenvalue weighted by molar-refractivity contribution is 0.195. The third-order valence-corrected chi connectivity index (χ3v) is 22.9. The number of fused-ring (bicyclic) bond motifs is 10. The maximum Gasteiger partial charge on any atom is 0.252 e. The van der Waals surface area contributed by atoms with Gasteiger partial charge in [-0.2, -0.15) is 0 Å². The van der Waals surface area contributed by atoms with Gasteiger partial charge in [0.2, 0.25) is 0 Å². The Bertz CT molecular complexity index is 3840. The molecule has 7 aromatic carbocycles. The zero-order valence-corrected chi connectivity index (χ0v) is 52.6. The van der Waals surface area contributed by atoms with E-state index in [-0.39, 0.29) is 55.6 Å². The Kier molecular flexibility index (Phi) is 10.9. The summed E-state index contributed by atoms with van der Waals surface area (Å²) in [7, 11) is 0. The van der Waals surface area contributed by atoms with Gasteiger partial charge in [0.25, 0.3) is 6.71 Å².